The minimum absolute atomic E-state index is 0.484. The van der Waals surface area contributed by atoms with Gasteiger partial charge in [0, 0.05) is 30.9 Å². The van der Waals surface area contributed by atoms with Crippen LogP contribution in [0.4, 0.5) is 0 Å². The van der Waals surface area contributed by atoms with Gasteiger partial charge in [0.15, 0.2) is 5.82 Å². The quantitative estimate of drug-likeness (QED) is 0.508. The molecule has 0 unspecified atom stereocenters. The Morgan fingerprint density at radius 1 is 1.12 bits per heavy atom. The summed E-state index contributed by atoms with van der Waals surface area (Å²) in [5.41, 5.74) is 2.94. The van der Waals surface area contributed by atoms with Crippen LogP contribution < -0.4 is 0 Å². The van der Waals surface area contributed by atoms with E-state index in [1.165, 1.54) is 5.56 Å². The number of aromatic nitrogens is 5. The van der Waals surface area contributed by atoms with Gasteiger partial charge in [-0.3, -0.25) is 4.68 Å². The lowest BCUT2D eigenvalue weighted by atomic mass is 10.1. The molecule has 0 spiro atoms. The van der Waals surface area contributed by atoms with Gasteiger partial charge in [0.1, 0.15) is 6.26 Å². The van der Waals surface area contributed by atoms with Crippen molar-refractivity contribution in [3.05, 3.63) is 72.0 Å². The first-order chi connectivity index (χ1) is 12.8. The molecule has 0 aliphatic rings. The standard InChI is InChI=1S/C19H19N5O2/c1-14-5-7-15(8-6-14)19-21-16(13-25-19)12-17-22-18(26-23-17)4-2-10-24-11-3-9-20-24/h3,5-9,11,13H,2,4,10,12H2,1H3. The third kappa shape index (κ3) is 3.88. The normalized spacial score (nSPS) is 11.1. The number of nitrogens with zero attached hydrogens (tertiary/aromatic N) is 5. The van der Waals surface area contributed by atoms with Crippen molar-refractivity contribution >= 4 is 0 Å². The van der Waals surface area contributed by atoms with Crippen LogP contribution >= 0.6 is 0 Å². The summed E-state index contributed by atoms with van der Waals surface area (Å²) in [5, 5.41) is 8.20. The van der Waals surface area contributed by atoms with Crippen LogP contribution in [0.1, 0.15) is 29.4 Å². The minimum Gasteiger partial charge on any atom is -0.444 e. The van der Waals surface area contributed by atoms with Gasteiger partial charge in [0.2, 0.25) is 11.8 Å². The molecule has 0 saturated carbocycles. The van der Waals surface area contributed by atoms with Gasteiger partial charge in [-0.05, 0) is 31.5 Å². The summed E-state index contributed by atoms with van der Waals surface area (Å²) >= 11 is 0. The Morgan fingerprint density at radius 3 is 2.81 bits per heavy atom. The van der Waals surface area contributed by atoms with Crippen LogP contribution in [0.3, 0.4) is 0 Å². The topological polar surface area (TPSA) is 82.8 Å². The van der Waals surface area contributed by atoms with Gasteiger partial charge in [0.25, 0.3) is 0 Å². The molecule has 0 saturated heterocycles. The lowest BCUT2D eigenvalue weighted by Crippen LogP contribution is -2.00. The Morgan fingerprint density at radius 2 is 2.00 bits per heavy atom. The van der Waals surface area contributed by atoms with Crippen molar-refractivity contribution in [3.63, 3.8) is 0 Å². The molecule has 0 N–H and O–H groups in total. The molecule has 0 aliphatic heterocycles. The maximum Gasteiger partial charge on any atom is 0.226 e. The third-order valence-corrected chi connectivity index (χ3v) is 4.04. The first-order valence-electron chi connectivity index (χ1n) is 8.56. The summed E-state index contributed by atoms with van der Waals surface area (Å²) < 4.78 is 12.8. The molecule has 0 atom stereocenters. The van der Waals surface area contributed by atoms with E-state index in [1.807, 2.05) is 48.1 Å². The lowest BCUT2D eigenvalue weighted by Gasteiger charge is -1.97. The van der Waals surface area contributed by atoms with E-state index in [1.54, 1.807) is 12.5 Å². The first kappa shape index (κ1) is 16.3. The molecular formula is C19H19N5O2. The van der Waals surface area contributed by atoms with E-state index in [4.69, 9.17) is 8.94 Å². The van der Waals surface area contributed by atoms with E-state index >= 15 is 0 Å². The third-order valence-electron chi connectivity index (χ3n) is 4.04. The highest BCUT2D eigenvalue weighted by Gasteiger charge is 2.11. The van der Waals surface area contributed by atoms with E-state index in [2.05, 4.69) is 20.2 Å². The summed E-state index contributed by atoms with van der Waals surface area (Å²) in [4.78, 5) is 8.94. The molecule has 132 valence electrons. The van der Waals surface area contributed by atoms with Gasteiger partial charge in [-0.25, -0.2) is 4.98 Å². The zero-order valence-electron chi connectivity index (χ0n) is 14.5. The van der Waals surface area contributed by atoms with Crippen LogP contribution in [0.25, 0.3) is 11.5 Å². The zero-order valence-corrected chi connectivity index (χ0v) is 14.5. The highest BCUT2D eigenvalue weighted by Crippen LogP contribution is 2.20. The SMILES string of the molecule is Cc1ccc(-c2nc(Cc3noc(CCCn4cccn4)n3)co2)cc1. The monoisotopic (exact) mass is 349 g/mol. The Labute approximate surface area is 150 Å². The largest absolute Gasteiger partial charge is 0.444 e. The van der Waals surface area contributed by atoms with E-state index in [0.29, 0.717) is 24.0 Å². The Kier molecular flexibility index (Phi) is 4.59. The maximum absolute atomic E-state index is 5.57. The second-order valence-electron chi connectivity index (χ2n) is 6.16. The molecule has 3 heterocycles. The predicted molar refractivity (Wildman–Crippen MR) is 94.3 cm³/mol. The van der Waals surface area contributed by atoms with Crippen LogP contribution in [0.5, 0.6) is 0 Å². The molecule has 26 heavy (non-hydrogen) atoms. The van der Waals surface area contributed by atoms with Gasteiger partial charge >= 0.3 is 0 Å². The molecule has 0 radical (unpaired) electrons. The average Bonchev–Trinajstić information content (AvgIpc) is 3.39. The van der Waals surface area contributed by atoms with Crippen LogP contribution in [0.2, 0.25) is 0 Å². The molecule has 0 fully saturated rings. The predicted octanol–water partition coefficient (Wildman–Crippen LogP) is 3.45. The van der Waals surface area contributed by atoms with Crippen molar-refractivity contribution < 1.29 is 8.94 Å². The van der Waals surface area contributed by atoms with Gasteiger partial charge in [-0.1, -0.05) is 22.9 Å². The number of hydrogen-bond acceptors (Lipinski definition) is 6. The zero-order chi connectivity index (χ0) is 17.8. The second kappa shape index (κ2) is 7.35. The summed E-state index contributed by atoms with van der Waals surface area (Å²) in [6.07, 6.45) is 7.45. The molecule has 7 nitrogen and oxygen atoms in total. The highest BCUT2D eigenvalue weighted by molar-refractivity contribution is 5.53. The fourth-order valence-electron chi connectivity index (χ4n) is 2.67. The molecule has 4 aromatic rings. The number of aryl methyl sites for hydroxylation is 3. The summed E-state index contributed by atoms with van der Waals surface area (Å²) in [7, 11) is 0. The van der Waals surface area contributed by atoms with Crippen LogP contribution in [0, 0.1) is 6.92 Å². The number of hydrogen-bond donors (Lipinski definition) is 0. The minimum atomic E-state index is 0.484. The molecule has 0 amide bonds. The molecule has 1 aromatic carbocycles. The summed E-state index contributed by atoms with van der Waals surface area (Å²) in [6.45, 7) is 2.88. The molecule has 7 heteroatoms. The second-order valence-corrected chi connectivity index (χ2v) is 6.16. The van der Waals surface area contributed by atoms with E-state index in [0.717, 1.165) is 30.6 Å². The molecule has 3 aromatic heterocycles. The van der Waals surface area contributed by atoms with Gasteiger partial charge in [0.05, 0.1) is 12.1 Å². The van der Waals surface area contributed by atoms with Gasteiger partial charge in [-0.2, -0.15) is 10.1 Å². The van der Waals surface area contributed by atoms with Crippen LogP contribution in [-0.2, 0) is 19.4 Å². The maximum atomic E-state index is 5.57. The Bertz CT molecular complexity index is 954. The van der Waals surface area contributed by atoms with Crippen molar-refractivity contribution in [1.82, 2.24) is 24.9 Å². The molecule has 0 aliphatic carbocycles. The Hall–Kier alpha value is -3.22. The number of benzene rings is 1. The van der Waals surface area contributed by atoms with E-state index < -0.39 is 0 Å². The molecule has 4 rings (SSSR count). The average molecular weight is 349 g/mol. The van der Waals surface area contributed by atoms with Crippen molar-refractivity contribution in [2.24, 2.45) is 0 Å². The smallest absolute Gasteiger partial charge is 0.226 e. The summed E-state index contributed by atoms with van der Waals surface area (Å²) in [5.74, 6) is 1.85. The van der Waals surface area contributed by atoms with Crippen molar-refractivity contribution in [1.29, 1.82) is 0 Å². The number of oxazole rings is 1. The fraction of sp³-hybridized carbons (Fsp3) is 0.263. The van der Waals surface area contributed by atoms with Crippen molar-refractivity contribution in [3.8, 4) is 11.5 Å². The Balaban J connectivity index is 1.34. The van der Waals surface area contributed by atoms with E-state index in [-0.39, 0.29) is 0 Å². The summed E-state index contributed by atoms with van der Waals surface area (Å²) in [6, 6.07) is 9.98. The number of rotatable bonds is 7. The first-order valence-corrected chi connectivity index (χ1v) is 8.56. The van der Waals surface area contributed by atoms with Crippen molar-refractivity contribution in [2.75, 3.05) is 0 Å². The van der Waals surface area contributed by atoms with Gasteiger partial charge in [-0.15, -0.1) is 0 Å². The molecule has 0 bridgehead atoms. The van der Waals surface area contributed by atoms with Gasteiger partial charge < -0.3 is 8.94 Å². The molecular weight excluding hydrogens is 330 g/mol. The van der Waals surface area contributed by atoms with E-state index in [9.17, 15) is 0 Å². The fourth-order valence-corrected chi connectivity index (χ4v) is 2.67. The van der Waals surface area contributed by atoms with Crippen molar-refractivity contribution in [2.45, 2.75) is 32.7 Å². The highest BCUT2D eigenvalue weighted by atomic mass is 16.5. The van der Waals surface area contributed by atoms with Crippen LogP contribution in [-0.4, -0.2) is 24.9 Å². The lowest BCUT2D eigenvalue weighted by molar-refractivity contribution is 0.367. The van der Waals surface area contributed by atoms with Crippen LogP contribution in [0.15, 0.2) is 57.9 Å².